The summed E-state index contributed by atoms with van der Waals surface area (Å²) in [6, 6.07) is 7.15. The van der Waals surface area contributed by atoms with Gasteiger partial charge in [0.1, 0.15) is 23.9 Å². The zero-order valence-corrected chi connectivity index (χ0v) is 20.5. The summed E-state index contributed by atoms with van der Waals surface area (Å²) in [7, 11) is 6.63. The molecule has 0 saturated heterocycles. The molecule has 9 nitrogen and oxygen atoms in total. The van der Waals surface area contributed by atoms with Gasteiger partial charge in [-0.3, -0.25) is 9.69 Å². The number of nitrogens with zero attached hydrogens (tertiary/aromatic N) is 6. The normalized spacial score (nSPS) is 11.6. The molecule has 0 aliphatic rings. The topological polar surface area (TPSA) is 96.5 Å². The van der Waals surface area contributed by atoms with Crippen molar-refractivity contribution in [3.63, 3.8) is 0 Å². The Balaban J connectivity index is 1.77. The Bertz CT molecular complexity index is 1270. The average molecular weight is 505 g/mol. The lowest BCUT2D eigenvalue weighted by Crippen LogP contribution is -2.39. The van der Waals surface area contributed by atoms with Crippen molar-refractivity contribution in [2.24, 2.45) is 7.05 Å². The second-order valence-electron chi connectivity index (χ2n) is 8.29. The van der Waals surface area contributed by atoms with E-state index in [9.17, 15) is 23.2 Å². The highest BCUT2D eigenvalue weighted by molar-refractivity contribution is 5.84. The SMILES string of the molecule is COCCN(C)CC(=O)N(C)CCOc1ccc(-c2cc3c(ncn3C)c(C#N)n2)cc1C(F)(F)F. The van der Waals surface area contributed by atoms with Gasteiger partial charge in [-0.25, -0.2) is 9.97 Å². The fraction of sp³-hybridized carbons (Fsp3) is 0.417. The molecule has 2 heterocycles. The van der Waals surface area contributed by atoms with Gasteiger partial charge in [-0.1, -0.05) is 0 Å². The van der Waals surface area contributed by atoms with E-state index in [0.29, 0.717) is 24.2 Å². The molecular formula is C24H27F3N6O3. The van der Waals surface area contributed by atoms with E-state index in [1.807, 2.05) is 6.07 Å². The Kier molecular flexibility index (Phi) is 8.49. The van der Waals surface area contributed by atoms with E-state index in [4.69, 9.17) is 9.47 Å². The van der Waals surface area contributed by atoms with Crippen molar-refractivity contribution in [3.8, 4) is 23.1 Å². The standard InChI is InChI=1S/C24H27F3N6O3/c1-31(7-9-35-4)14-22(34)32(2)8-10-36-21-6-5-16(11-17(21)24(25,26)27)18-12-20-23(19(13-28)30-18)29-15-33(20)3/h5-6,11-12,15H,7-10,14H2,1-4H3. The van der Waals surface area contributed by atoms with E-state index in [2.05, 4.69) is 9.97 Å². The van der Waals surface area contributed by atoms with E-state index in [1.54, 1.807) is 43.8 Å². The number of ether oxygens (including phenoxy) is 2. The molecule has 0 fully saturated rings. The summed E-state index contributed by atoms with van der Waals surface area (Å²) in [5.41, 5.74) is 0.397. The number of methoxy groups -OCH3 is 1. The van der Waals surface area contributed by atoms with Crippen molar-refractivity contribution in [3.05, 3.63) is 41.9 Å². The number of carbonyl (C=O) groups is 1. The quantitative estimate of drug-likeness (QED) is 0.419. The molecule has 0 radical (unpaired) electrons. The Morgan fingerprint density at radius 3 is 2.61 bits per heavy atom. The summed E-state index contributed by atoms with van der Waals surface area (Å²) in [5.74, 6) is -0.542. The minimum atomic E-state index is -4.69. The second kappa shape index (κ2) is 11.4. The number of nitriles is 1. The number of alkyl halides is 3. The monoisotopic (exact) mass is 504 g/mol. The van der Waals surface area contributed by atoms with Gasteiger partial charge in [0.15, 0.2) is 5.69 Å². The Morgan fingerprint density at radius 2 is 1.94 bits per heavy atom. The zero-order chi connectivity index (χ0) is 26.5. The maximum absolute atomic E-state index is 13.9. The highest BCUT2D eigenvalue weighted by Gasteiger charge is 2.35. The van der Waals surface area contributed by atoms with Crippen molar-refractivity contribution < 1.29 is 27.4 Å². The fourth-order valence-corrected chi connectivity index (χ4v) is 3.49. The molecule has 0 aliphatic carbocycles. The van der Waals surface area contributed by atoms with Gasteiger partial charge in [-0.15, -0.1) is 0 Å². The number of aryl methyl sites for hydroxylation is 1. The van der Waals surface area contributed by atoms with Crippen LogP contribution in [0.25, 0.3) is 22.3 Å². The van der Waals surface area contributed by atoms with Crippen molar-refractivity contribution in [2.75, 3.05) is 54.1 Å². The average Bonchev–Trinajstić information content (AvgIpc) is 3.22. The van der Waals surface area contributed by atoms with Crippen LogP contribution in [0.2, 0.25) is 0 Å². The van der Waals surface area contributed by atoms with E-state index >= 15 is 0 Å². The number of imidazole rings is 1. The van der Waals surface area contributed by atoms with Crippen molar-refractivity contribution in [2.45, 2.75) is 6.18 Å². The van der Waals surface area contributed by atoms with Crippen LogP contribution >= 0.6 is 0 Å². The predicted octanol–water partition coefficient (Wildman–Crippen LogP) is 2.94. The first-order valence-corrected chi connectivity index (χ1v) is 11.0. The van der Waals surface area contributed by atoms with Crippen LogP contribution in [0.3, 0.4) is 0 Å². The van der Waals surface area contributed by atoms with Crippen LogP contribution < -0.4 is 4.74 Å². The van der Waals surface area contributed by atoms with Crippen LogP contribution in [0.5, 0.6) is 5.75 Å². The zero-order valence-electron chi connectivity index (χ0n) is 20.5. The second-order valence-corrected chi connectivity index (χ2v) is 8.29. The number of amides is 1. The molecule has 0 bridgehead atoms. The van der Waals surface area contributed by atoms with Crippen LogP contribution in [0.4, 0.5) is 13.2 Å². The van der Waals surface area contributed by atoms with E-state index in [1.165, 1.54) is 23.4 Å². The van der Waals surface area contributed by atoms with Crippen LogP contribution in [0.1, 0.15) is 11.3 Å². The lowest BCUT2D eigenvalue weighted by atomic mass is 10.1. The lowest BCUT2D eigenvalue weighted by Gasteiger charge is -2.22. The van der Waals surface area contributed by atoms with Gasteiger partial charge in [0.05, 0.1) is 42.8 Å². The van der Waals surface area contributed by atoms with Crippen molar-refractivity contribution in [1.29, 1.82) is 5.26 Å². The molecule has 36 heavy (non-hydrogen) atoms. The lowest BCUT2D eigenvalue weighted by molar-refractivity contribution is -0.139. The third kappa shape index (κ3) is 6.30. The van der Waals surface area contributed by atoms with Gasteiger partial charge >= 0.3 is 6.18 Å². The number of likely N-dealkylation sites (N-methyl/N-ethyl adjacent to an activating group) is 2. The van der Waals surface area contributed by atoms with Crippen LogP contribution in [-0.4, -0.2) is 84.3 Å². The molecule has 12 heteroatoms. The number of halogens is 3. The number of aromatic nitrogens is 3. The molecular weight excluding hydrogens is 477 g/mol. The highest BCUT2D eigenvalue weighted by atomic mass is 19.4. The maximum Gasteiger partial charge on any atom is 0.419 e. The highest BCUT2D eigenvalue weighted by Crippen LogP contribution is 2.39. The summed E-state index contributed by atoms with van der Waals surface area (Å²) >= 11 is 0. The van der Waals surface area contributed by atoms with E-state index in [-0.39, 0.29) is 48.3 Å². The summed E-state index contributed by atoms with van der Waals surface area (Å²) in [4.78, 5) is 23.8. The van der Waals surface area contributed by atoms with Crippen molar-refractivity contribution >= 4 is 16.9 Å². The van der Waals surface area contributed by atoms with Crippen LogP contribution in [0, 0.1) is 11.3 Å². The predicted molar refractivity (Wildman–Crippen MR) is 126 cm³/mol. The third-order valence-electron chi connectivity index (χ3n) is 5.59. The third-order valence-corrected chi connectivity index (χ3v) is 5.59. The number of fused-ring (bicyclic) bond motifs is 1. The van der Waals surface area contributed by atoms with Gasteiger partial charge in [-0.2, -0.15) is 18.4 Å². The molecule has 3 rings (SSSR count). The van der Waals surface area contributed by atoms with Crippen LogP contribution in [-0.2, 0) is 22.8 Å². The molecule has 0 N–H and O–H groups in total. The smallest absolute Gasteiger partial charge is 0.419 e. The molecule has 2 aromatic heterocycles. The summed E-state index contributed by atoms with van der Waals surface area (Å²) in [6.45, 7) is 1.20. The van der Waals surface area contributed by atoms with Gasteiger partial charge < -0.3 is 18.9 Å². The number of hydrogen-bond donors (Lipinski definition) is 0. The largest absolute Gasteiger partial charge is 0.491 e. The number of pyridine rings is 1. The molecule has 1 aromatic carbocycles. The molecule has 192 valence electrons. The number of benzene rings is 1. The van der Waals surface area contributed by atoms with Gasteiger partial charge in [0.25, 0.3) is 0 Å². The molecule has 0 aliphatic heterocycles. The first kappa shape index (κ1) is 26.9. The molecule has 0 saturated carbocycles. The minimum Gasteiger partial charge on any atom is -0.491 e. The molecule has 0 spiro atoms. The Hall–Kier alpha value is -3.69. The fourth-order valence-electron chi connectivity index (χ4n) is 3.49. The molecule has 1 amide bonds. The van der Waals surface area contributed by atoms with Crippen molar-refractivity contribution in [1.82, 2.24) is 24.3 Å². The Morgan fingerprint density at radius 1 is 1.19 bits per heavy atom. The van der Waals surface area contributed by atoms with Gasteiger partial charge in [0.2, 0.25) is 5.91 Å². The maximum atomic E-state index is 13.9. The van der Waals surface area contributed by atoms with Crippen LogP contribution in [0.15, 0.2) is 30.6 Å². The van der Waals surface area contributed by atoms with E-state index < -0.39 is 11.7 Å². The first-order valence-electron chi connectivity index (χ1n) is 11.0. The summed E-state index contributed by atoms with van der Waals surface area (Å²) in [5, 5.41) is 9.41. The summed E-state index contributed by atoms with van der Waals surface area (Å²) < 4.78 is 53.7. The summed E-state index contributed by atoms with van der Waals surface area (Å²) in [6.07, 6.45) is -3.18. The van der Waals surface area contributed by atoms with Gasteiger partial charge in [-0.05, 0) is 31.3 Å². The molecule has 0 unspecified atom stereocenters. The Labute approximate surface area is 206 Å². The minimum absolute atomic E-state index is 0.0255. The first-order chi connectivity index (χ1) is 17.0. The number of rotatable bonds is 10. The van der Waals surface area contributed by atoms with E-state index in [0.717, 1.165) is 6.07 Å². The molecule has 0 atom stereocenters. The number of hydrogen-bond acceptors (Lipinski definition) is 7. The molecule has 3 aromatic rings. The van der Waals surface area contributed by atoms with Gasteiger partial charge in [0, 0.05) is 33.3 Å². The number of carbonyl (C=O) groups excluding carboxylic acids is 1.